The fourth-order valence-corrected chi connectivity index (χ4v) is 2.24. The standard InChI is InChI=1S/C16H18BrNO/c1-2-10-19-16-9-4-3-8-15(16)18-12-13-6-5-7-14(17)11-13/h3-9,11,18H,2,10,12H2,1H3. The van der Waals surface area contributed by atoms with Crippen LogP contribution < -0.4 is 10.1 Å². The van der Waals surface area contributed by atoms with Crippen LogP contribution in [0, 0.1) is 0 Å². The highest BCUT2D eigenvalue weighted by molar-refractivity contribution is 9.10. The molecule has 0 radical (unpaired) electrons. The predicted octanol–water partition coefficient (Wildman–Crippen LogP) is 4.85. The molecular weight excluding hydrogens is 302 g/mol. The molecule has 0 atom stereocenters. The number of para-hydroxylation sites is 2. The maximum absolute atomic E-state index is 5.73. The third-order valence-electron chi connectivity index (χ3n) is 2.72. The molecule has 3 heteroatoms. The van der Waals surface area contributed by atoms with Gasteiger partial charge in [-0.15, -0.1) is 0 Å². The zero-order valence-electron chi connectivity index (χ0n) is 11.0. The van der Waals surface area contributed by atoms with Crippen molar-refractivity contribution in [1.82, 2.24) is 0 Å². The van der Waals surface area contributed by atoms with Gasteiger partial charge in [-0.3, -0.25) is 0 Å². The third kappa shape index (κ3) is 4.28. The van der Waals surface area contributed by atoms with Gasteiger partial charge in [-0.05, 0) is 36.2 Å². The lowest BCUT2D eigenvalue weighted by Crippen LogP contribution is -2.03. The second-order valence-corrected chi connectivity index (χ2v) is 5.24. The summed E-state index contributed by atoms with van der Waals surface area (Å²) < 4.78 is 6.83. The highest BCUT2D eigenvalue weighted by Gasteiger charge is 2.02. The second kappa shape index (κ2) is 7.19. The number of benzene rings is 2. The summed E-state index contributed by atoms with van der Waals surface area (Å²) in [6.45, 7) is 3.64. The molecule has 0 bridgehead atoms. The van der Waals surface area contributed by atoms with Gasteiger partial charge in [-0.25, -0.2) is 0 Å². The first-order valence-corrected chi connectivity index (χ1v) is 7.29. The van der Waals surface area contributed by atoms with Gasteiger partial charge in [0, 0.05) is 11.0 Å². The molecule has 0 heterocycles. The molecule has 100 valence electrons. The molecule has 0 fully saturated rings. The lowest BCUT2D eigenvalue weighted by Gasteiger charge is -2.12. The first-order chi connectivity index (χ1) is 9.29. The Bertz CT molecular complexity index is 528. The summed E-state index contributed by atoms with van der Waals surface area (Å²) >= 11 is 3.48. The molecule has 0 aliphatic carbocycles. The van der Waals surface area contributed by atoms with Gasteiger partial charge >= 0.3 is 0 Å². The molecular formula is C16H18BrNO. The van der Waals surface area contributed by atoms with Crippen LogP contribution in [0.2, 0.25) is 0 Å². The van der Waals surface area contributed by atoms with E-state index in [1.807, 2.05) is 36.4 Å². The summed E-state index contributed by atoms with van der Waals surface area (Å²) in [7, 11) is 0. The number of halogens is 1. The Morgan fingerprint density at radius 3 is 2.74 bits per heavy atom. The highest BCUT2D eigenvalue weighted by Crippen LogP contribution is 2.24. The van der Waals surface area contributed by atoms with Crippen LogP contribution in [0.4, 0.5) is 5.69 Å². The van der Waals surface area contributed by atoms with E-state index in [2.05, 4.69) is 40.3 Å². The van der Waals surface area contributed by atoms with Crippen LogP contribution in [0.15, 0.2) is 53.0 Å². The molecule has 19 heavy (non-hydrogen) atoms. The number of anilines is 1. The average Bonchev–Trinajstić information content (AvgIpc) is 2.44. The van der Waals surface area contributed by atoms with Gasteiger partial charge in [-0.2, -0.15) is 0 Å². The maximum atomic E-state index is 5.73. The molecule has 1 N–H and O–H groups in total. The van der Waals surface area contributed by atoms with Crippen molar-refractivity contribution in [2.45, 2.75) is 19.9 Å². The van der Waals surface area contributed by atoms with E-state index in [9.17, 15) is 0 Å². The van der Waals surface area contributed by atoms with Crippen molar-refractivity contribution >= 4 is 21.6 Å². The Labute approximate surface area is 122 Å². The molecule has 2 rings (SSSR count). The van der Waals surface area contributed by atoms with Crippen LogP contribution in [0.1, 0.15) is 18.9 Å². The SMILES string of the molecule is CCCOc1ccccc1NCc1cccc(Br)c1. The van der Waals surface area contributed by atoms with E-state index in [1.54, 1.807) is 0 Å². The fourth-order valence-electron chi connectivity index (χ4n) is 1.79. The number of nitrogens with one attached hydrogen (secondary N) is 1. The highest BCUT2D eigenvalue weighted by atomic mass is 79.9. The summed E-state index contributed by atoms with van der Waals surface area (Å²) in [6, 6.07) is 16.3. The number of hydrogen-bond donors (Lipinski definition) is 1. The number of hydrogen-bond acceptors (Lipinski definition) is 2. The zero-order valence-corrected chi connectivity index (χ0v) is 12.6. The van der Waals surface area contributed by atoms with Gasteiger partial charge < -0.3 is 10.1 Å². The van der Waals surface area contributed by atoms with Crippen LogP contribution in [0.25, 0.3) is 0 Å². The Kier molecular flexibility index (Phi) is 5.28. The molecule has 0 aliphatic heterocycles. The normalized spacial score (nSPS) is 10.2. The predicted molar refractivity (Wildman–Crippen MR) is 83.7 cm³/mol. The van der Waals surface area contributed by atoms with Crippen molar-refractivity contribution in [3.05, 3.63) is 58.6 Å². The summed E-state index contributed by atoms with van der Waals surface area (Å²) in [5.74, 6) is 0.916. The van der Waals surface area contributed by atoms with Crippen molar-refractivity contribution in [2.75, 3.05) is 11.9 Å². The van der Waals surface area contributed by atoms with E-state index in [-0.39, 0.29) is 0 Å². The number of rotatable bonds is 6. The van der Waals surface area contributed by atoms with Gasteiger partial charge in [0.15, 0.2) is 0 Å². The van der Waals surface area contributed by atoms with E-state index in [4.69, 9.17) is 4.74 Å². The van der Waals surface area contributed by atoms with Gasteiger partial charge in [-0.1, -0.05) is 47.1 Å². The van der Waals surface area contributed by atoms with Crippen LogP contribution >= 0.6 is 15.9 Å². The summed E-state index contributed by atoms with van der Waals surface area (Å²) in [6.07, 6.45) is 1.01. The summed E-state index contributed by atoms with van der Waals surface area (Å²) in [4.78, 5) is 0. The van der Waals surface area contributed by atoms with Gasteiger partial charge in [0.2, 0.25) is 0 Å². The molecule has 0 spiro atoms. The van der Waals surface area contributed by atoms with Gasteiger partial charge in [0.25, 0.3) is 0 Å². The second-order valence-electron chi connectivity index (χ2n) is 4.33. The molecule has 0 amide bonds. The van der Waals surface area contributed by atoms with Crippen LogP contribution in [-0.2, 0) is 6.54 Å². The molecule has 2 aromatic carbocycles. The van der Waals surface area contributed by atoms with Crippen molar-refractivity contribution in [3.63, 3.8) is 0 Å². The van der Waals surface area contributed by atoms with E-state index < -0.39 is 0 Å². The minimum Gasteiger partial charge on any atom is -0.491 e. The Morgan fingerprint density at radius 2 is 1.95 bits per heavy atom. The maximum Gasteiger partial charge on any atom is 0.142 e. The van der Waals surface area contributed by atoms with E-state index in [1.165, 1.54) is 5.56 Å². The molecule has 0 unspecified atom stereocenters. The molecule has 2 aromatic rings. The lowest BCUT2D eigenvalue weighted by molar-refractivity contribution is 0.319. The molecule has 0 aromatic heterocycles. The van der Waals surface area contributed by atoms with E-state index >= 15 is 0 Å². The Balaban J connectivity index is 2.02. The monoisotopic (exact) mass is 319 g/mol. The first kappa shape index (κ1) is 13.9. The topological polar surface area (TPSA) is 21.3 Å². The average molecular weight is 320 g/mol. The van der Waals surface area contributed by atoms with Crippen LogP contribution in [-0.4, -0.2) is 6.61 Å². The van der Waals surface area contributed by atoms with Crippen LogP contribution in [0.3, 0.4) is 0 Å². The molecule has 2 nitrogen and oxygen atoms in total. The Morgan fingerprint density at radius 1 is 1.11 bits per heavy atom. The quantitative estimate of drug-likeness (QED) is 0.821. The molecule has 0 saturated heterocycles. The molecule has 0 aliphatic rings. The third-order valence-corrected chi connectivity index (χ3v) is 3.21. The minimum atomic E-state index is 0.746. The minimum absolute atomic E-state index is 0.746. The van der Waals surface area contributed by atoms with Gasteiger partial charge in [0.1, 0.15) is 5.75 Å². The van der Waals surface area contributed by atoms with Crippen molar-refractivity contribution < 1.29 is 4.74 Å². The van der Waals surface area contributed by atoms with Crippen molar-refractivity contribution in [1.29, 1.82) is 0 Å². The number of ether oxygens (including phenoxy) is 1. The Hall–Kier alpha value is -1.48. The first-order valence-electron chi connectivity index (χ1n) is 6.49. The van der Waals surface area contributed by atoms with E-state index in [0.717, 1.165) is 35.5 Å². The van der Waals surface area contributed by atoms with E-state index in [0.29, 0.717) is 0 Å². The van der Waals surface area contributed by atoms with Crippen LogP contribution in [0.5, 0.6) is 5.75 Å². The lowest BCUT2D eigenvalue weighted by atomic mass is 10.2. The smallest absolute Gasteiger partial charge is 0.142 e. The zero-order chi connectivity index (χ0) is 13.5. The summed E-state index contributed by atoms with van der Waals surface area (Å²) in [5, 5.41) is 3.42. The largest absolute Gasteiger partial charge is 0.491 e. The van der Waals surface area contributed by atoms with Gasteiger partial charge in [0.05, 0.1) is 12.3 Å². The van der Waals surface area contributed by atoms with Crippen molar-refractivity contribution in [3.8, 4) is 5.75 Å². The van der Waals surface area contributed by atoms with Crippen molar-refractivity contribution in [2.24, 2.45) is 0 Å². The fraction of sp³-hybridized carbons (Fsp3) is 0.250. The summed E-state index contributed by atoms with van der Waals surface area (Å²) in [5.41, 5.74) is 2.27. The molecule has 0 saturated carbocycles.